The molecular weight excluding hydrogens is 280 g/mol. The van der Waals surface area contributed by atoms with E-state index in [1.165, 1.54) is 6.92 Å². The molecule has 0 saturated heterocycles. The highest BCUT2D eigenvalue weighted by Gasteiger charge is 2.14. The van der Waals surface area contributed by atoms with Crippen molar-refractivity contribution >= 4 is 11.7 Å². The maximum Gasteiger partial charge on any atom is 0.252 e. The largest absolute Gasteiger partial charge is 0.363 e. The van der Waals surface area contributed by atoms with Gasteiger partial charge in [0.05, 0.1) is 12.1 Å². The Kier molecular flexibility index (Phi) is 4.56. The zero-order valence-electron chi connectivity index (χ0n) is 12.8. The van der Waals surface area contributed by atoms with E-state index < -0.39 is 0 Å². The summed E-state index contributed by atoms with van der Waals surface area (Å²) in [5.41, 5.74) is 2.56. The molecule has 114 valence electrons. The molecule has 0 aliphatic rings. The predicted molar refractivity (Wildman–Crippen MR) is 84.2 cm³/mol. The first-order chi connectivity index (χ1) is 10.4. The van der Waals surface area contributed by atoms with Crippen molar-refractivity contribution < 1.29 is 9.59 Å². The number of ketones is 1. The predicted octanol–water partition coefficient (Wildman–Crippen LogP) is 2.12. The fraction of sp³-hybridized carbons (Fsp3) is 0.235. The topological polar surface area (TPSA) is 79.0 Å². The van der Waals surface area contributed by atoms with E-state index in [-0.39, 0.29) is 23.7 Å². The van der Waals surface area contributed by atoms with Gasteiger partial charge in [0, 0.05) is 28.6 Å². The van der Waals surface area contributed by atoms with Crippen LogP contribution in [0.15, 0.2) is 35.3 Å². The minimum Gasteiger partial charge on any atom is -0.363 e. The number of nitrogens with one attached hydrogen (secondary N) is 2. The van der Waals surface area contributed by atoms with Crippen LogP contribution in [0.4, 0.5) is 0 Å². The molecule has 0 fully saturated rings. The molecule has 1 aromatic carbocycles. The molecule has 0 radical (unpaired) electrons. The van der Waals surface area contributed by atoms with Crippen LogP contribution < -0.4 is 10.7 Å². The summed E-state index contributed by atoms with van der Waals surface area (Å²) in [5.74, 6) is -0.503. The van der Waals surface area contributed by atoms with Gasteiger partial charge in [0.1, 0.15) is 0 Å². The summed E-state index contributed by atoms with van der Waals surface area (Å²) in [4.78, 5) is 38.7. The number of amides is 1. The first kappa shape index (κ1) is 15.7. The van der Waals surface area contributed by atoms with Gasteiger partial charge in [0.2, 0.25) is 0 Å². The molecule has 1 heterocycles. The minimum atomic E-state index is -0.341. The van der Waals surface area contributed by atoms with Crippen molar-refractivity contribution in [3.8, 4) is 0 Å². The van der Waals surface area contributed by atoms with Crippen LogP contribution >= 0.6 is 0 Å². The number of aromatic nitrogens is 1. The van der Waals surface area contributed by atoms with Gasteiger partial charge in [-0.1, -0.05) is 18.2 Å². The standard InChI is InChI=1S/C17H18N2O3/c1-10-8-18-15(11(2)16(10)21)9-19-17(22)14-7-5-4-6-13(14)12(3)20/h4-8H,9H2,1-3H3,(H,18,21)(H,19,22). The molecule has 0 unspecified atom stereocenters. The summed E-state index contributed by atoms with van der Waals surface area (Å²) >= 11 is 0. The molecule has 0 bridgehead atoms. The van der Waals surface area contributed by atoms with Crippen LogP contribution in [-0.4, -0.2) is 16.7 Å². The number of rotatable bonds is 4. The molecule has 2 rings (SSSR count). The number of hydrogen-bond donors (Lipinski definition) is 2. The van der Waals surface area contributed by atoms with Crippen LogP contribution in [0.1, 0.15) is 44.5 Å². The Bertz CT molecular complexity index is 791. The van der Waals surface area contributed by atoms with E-state index in [1.807, 2.05) is 0 Å². The van der Waals surface area contributed by atoms with E-state index in [1.54, 1.807) is 44.3 Å². The fourth-order valence-electron chi connectivity index (χ4n) is 2.24. The summed E-state index contributed by atoms with van der Waals surface area (Å²) in [6.45, 7) is 5.08. The Labute approximate surface area is 128 Å². The molecule has 5 heteroatoms. The zero-order chi connectivity index (χ0) is 16.3. The summed E-state index contributed by atoms with van der Waals surface area (Å²) in [5, 5.41) is 2.74. The third-order valence-corrected chi connectivity index (χ3v) is 3.59. The van der Waals surface area contributed by atoms with E-state index in [0.717, 1.165) is 0 Å². The Morgan fingerprint density at radius 3 is 2.41 bits per heavy atom. The zero-order valence-corrected chi connectivity index (χ0v) is 12.8. The van der Waals surface area contributed by atoms with Gasteiger partial charge < -0.3 is 10.3 Å². The summed E-state index contributed by atoms with van der Waals surface area (Å²) in [7, 11) is 0. The summed E-state index contributed by atoms with van der Waals surface area (Å²) in [6.07, 6.45) is 1.63. The Morgan fingerprint density at radius 1 is 1.14 bits per heavy atom. The van der Waals surface area contributed by atoms with Crippen LogP contribution in [0.5, 0.6) is 0 Å². The number of pyridine rings is 1. The van der Waals surface area contributed by atoms with Crippen LogP contribution in [0.3, 0.4) is 0 Å². The minimum absolute atomic E-state index is 0.0351. The maximum absolute atomic E-state index is 12.3. The lowest BCUT2D eigenvalue weighted by Gasteiger charge is -2.10. The van der Waals surface area contributed by atoms with E-state index in [0.29, 0.717) is 27.9 Å². The smallest absolute Gasteiger partial charge is 0.252 e. The first-order valence-electron chi connectivity index (χ1n) is 6.97. The number of Topliss-reactive ketones (excluding diaryl/α,β-unsaturated/α-hetero) is 1. The molecule has 1 aromatic heterocycles. The van der Waals surface area contributed by atoms with Gasteiger partial charge in [-0.3, -0.25) is 14.4 Å². The van der Waals surface area contributed by atoms with Crippen molar-refractivity contribution in [1.82, 2.24) is 10.3 Å². The normalized spacial score (nSPS) is 10.3. The lowest BCUT2D eigenvalue weighted by Crippen LogP contribution is -2.27. The molecule has 0 aliphatic carbocycles. The number of aromatic amines is 1. The van der Waals surface area contributed by atoms with E-state index in [9.17, 15) is 14.4 Å². The van der Waals surface area contributed by atoms with Gasteiger partial charge in [-0.05, 0) is 26.8 Å². The molecule has 0 atom stereocenters. The van der Waals surface area contributed by atoms with Gasteiger partial charge in [0.25, 0.3) is 5.91 Å². The Morgan fingerprint density at radius 2 is 1.77 bits per heavy atom. The van der Waals surface area contributed by atoms with Crippen molar-refractivity contribution in [2.45, 2.75) is 27.3 Å². The van der Waals surface area contributed by atoms with Gasteiger partial charge in [0.15, 0.2) is 11.2 Å². The van der Waals surface area contributed by atoms with Crippen molar-refractivity contribution in [2.75, 3.05) is 0 Å². The molecule has 2 N–H and O–H groups in total. The highest BCUT2D eigenvalue weighted by molar-refractivity contribution is 6.07. The highest BCUT2D eigenvalue weighted by atomic mass is 16.2. The van der Waals surface area contributed by atoms with Gasteiger partial charge in [-0.25, -0.2) is 0 Å². The molecular formula is C17H18N2O3. The molecule has 0 aliphatic heterocycles. The molecule has 2 aromatic rings. The van der Waals surface area contributed by atoms with Crippen LogP contribution in [0.25, 0.3) is 0 Å². The Balaban J connectivity index is 2.20. The van der Waals surface area contributed by atoms with Crippen molar-refractivity contribution in [3.05, 3.63) is 68.6 Å². The van der Waals surface area contributed by atoms with Crippen molar-refractivity contribution in [2.24, 2.45) is 0 Å². The Hall–Kier alpha value is -2.69. The lowest BCUT2D eigenvalue weighted by molar-refractivity contribution is 0.0936. The maximum atomic E-state index is 12.3. The van der Waals surface area contributed by atoms with Crippen molar-refractivity contribution in [1.29, 1.82) is 0 Å². The van der Waals surface area contributed by atoms with E-state index in [2.05, 4.69) is 10.3 Å². The number of aryl methyl sites for hydroxylation is 1. The second-order valence-electron chi connectivity index (χ2n) is 5.19. The highest BCUT2D eigenvalue weighted by Crippen LogP contribution is 2.10. The van der Waals surface area contributed by atoms with Crippen LogP contribution in [0.2, 0.25) is 0 Å². The van der Waals surface area contributed by atoms with E-state index in [4.69, 9.17) is 0 Å². The third-order valence-electron chi connectivity index (χ3n) is 3.59. The van der Waals surface area contributed by atoms with Gasteiger partial charge in [-0.2, -0.15) is 0 Å². The fourth-order valence-corrected chi connectivity index (χ4v) is 2.24. The molecule has 5 nitrogen and oxygen atoms in total. The van der Waals surface area contributed by atoms with Crippen molar-refractivity contribution in [3.63, 3.8) is 0 Å². The lowest BCUT2D eigenvalue weighted by atomic mass is 10.0. The number of H-pyrrole nitrogens is 1. The average Bonchev–Trinajstić information content (AvgIpc) is 2.51. The number of carbonyl (C=O) groups is 2. The summed E-state index contributed by atoms with van der Waals surface area (Å²) < 4.78 is 0. The molecule has 0 saturated carbocycles. The summed E-state index contributed by atoms with van der Waals surface area (Å²) in [6, 6.07) is 6.66. The number of benzene rings is 1. The monoisotopic (exact) mass is 298 g/mol. The first-order valence-corrected chi connectivity index (χ1v) is 6.97. The van der Waals surface area contributed by atoms with Crippen LogP contribution in [-0.2, 0) is 6.54 Å². The average molecular weight is 298 g/mol. The van der Waals surface area contributed by atoms with Gasteiger partial charge in [-0.15, -0.1) is 0 Å². The molecule has 1 amide bonds. The second-order valence-corrected chi connectivity index (χ2v) is 5.19. The van der Waals surface area contributed by atoms with Gasteiger partial charge >= 0.3 is 0 Å². The molecule has 22 heavy (non-hydrogen) atoms. The number of carbonyl (C=O) groups excluding carboxylic acids is 2. The molecule has 0 spiro atoms. The quantitative estimate of drug-likeness (QED) is 0.849. The van der Waals surface area contributed by atoms with E-state index >= 15 is 0 Å². The van der Waals surface area contributed by atoms with Crippen LogP contribution in [0, 0.1) is 13.8 Å². The second kappa shape index (κ2) is 6.39. The third kappa shape index (κ3) is 3.14. The number of hydrogen-bond acceptors (Lipinski definition) is 3. The SMILES string of the molecule is CC(=O)c1ccccc1C(=O)NCc1[nH]cc(C)c(=O)c1C.